The Kier molecular flexibility index (Phi) is 5.78. The number of carboxylic acids is 1. The maximum Gasteiger partial charge on any atom is 0.307 e. The lowest BCUT2D eigenvalue weighted by molar-refractivity contribution is -0.136. The molecule has 4 aromatic rings. The Balaban J connectivity index is 1.57. The lowest BCUT2D eigenvalue weighted by atomic mass is 10.1. The van der Waals surface area contributed by atoms with Gasteiger partial charge in [-0.1, -0.05) is 52.6 Å². The molecule has 1 aromatic carbocycles. The number of halogens is 1. The van der Waals surface area contributed by atoms with Crippen LogP contribution < -0.4 is 0 Å². The molecule has 0 saturated carbocycles. The van der Waals surface area contributed by atoms with Crippen LogP contribution in [0.4, 0.5) is 0 Å². The Morgan fingerprint density at radius 3 is 2.80 bits per heavy atom. The Morgan fingerprint density at radius 2 is 2.07 bits per heavy atom. The standard InChI is InChI=1S/C20H18IN5O3S/c1-10-14(6-17(28)29)11(2)26-19(23-10)24-20(25-26)30-9-16(27)15-8-22-18-12(7-21)4-3-5-13(15)18/h3-5,8,22H,6-7,9H2,1-2H3,(H,28,29). The lowest BCUT2D eigenvalue weighted by Crippen LogP contribution is -2.10. The molecule has 0 aliphatic carbocycles. The van der Waals surface area contributed by atoms with Gasteiger partial charge in [-0.25, -0.2) is 9.50 Å². The average molecular weight is 535 g/mol. The van der Waals surface area contributed by atoms with Gasteiger partial charge in [-0.15, -0.1) is 5.10 Å². The zero-order valence-electron chi connectivity index (χ0n) is 16.3. The Labute approximate surface area is 189 Å². The summed E-state index contributed by atoms with van der Waals surface area (Å²) in [6, 6.07) is 5.96. The number of hydrogen-bond acceptors (Lipinski definition) is 6. The van der Waals surface area contributed by atoms with E-state index in [4.69, 9.17) is 5.11 Å². The minimum Gasteiger partial charge on any atom is -0.481 e. The van der Waals surface area contributed by atoms with Crippen molar-refractivity contribution >= 4 is 62.8 Å². The fourth-order valence-corrected chi connectivity index (χ4v) is 4.76. The number of hydrogen-bond donors (Lipinski definition) is 2. The number of benzene rings is 1. The number of carbonyl (C=O) groups excluding carboxylic acids is 1. The average Bonchev–Trinajstić information content (AvgIpc) is 3.33. The number of aromatic nitrogens is 5. The molecule has 4 rings (SSSR count). The van der Waals surface area contributed by atoms with Crippen LogP contribution in [0.25, 0.3) is 16.7 Å². The van der Waals surface area contributed by atoms with Crippen LogP contribution in [0.2, 0.25) is 0 Å². The number of carboxylic acid groups (broad SMARTS) is 1. The summed E-state index contributed by atoms with van der Waals surface area (Å²) in [6.07, 6.45) is 1.63. The van der Waals surface area contributed by atoms with Crippen molar-refractivity contribution in [2.75, 3.05) is 5.75 Å². The smallest absolute Gasteiger partial charge is 0.307 e. The summed E-state index contributed by atoms with van der Waals surface area (Å²) in [7, 11) is 0. The molecule has 154 valence electrons. The summed E-state index contributed by atoms with van der Waals surface area (Å²) in [6.45, 7) is 3.56. The Morgan fingerprint density at radius 1 is 1.27 bits per heavy atom. The molecule has 0 bridgehead atoms. The molecule has 3 aromatic heterocycles. The highest BCUT2D eigenvalue weighted by molar-refractivity contribution is 14.1. The van der Waals surface area contributed by atoms with Gasteiger partial charge in [0.15, 0.2) is 5.78 Å². The van der Waals surface area contributed by atoms with Crippen LogP contribution in [-0.2, 0) is 15.6 Å². The zero-order valence-corrected chi connectivity index (χ0v) is 19.2. The van der Waals surface area contributed by atoms with Gasteiger partial charge in [-0.2, -0.15) is 4.98 Å². The van der Waals surface area contributed by atoms with Crippen LogP contribution >= 0.6 is 34.4 Å². The molecule has 30 heavy (non-hydrogen) atoms. The topological polar surface area (TPSA) is 113 Å². The highest BCUT2D eigenvalue weighted by Crippen LogP contribution is 2.26. The highest BCUT2D eigenvalue weighted by Gasteiger charge is 2.18. The van der Waals surface area contributed by atoms with Crippen molar-refractivity contribution in [3.8, 4) is 0 Å². The molecule has 8 nitrogen and oxygen atoms in total. The van der Waals surface area contributed by atoms with E-state index in [0.717, 1.165) is 20.9 Å². The van der Waals surface area contributed by atoms with Crippen molar-refractivity contribution < 1.29 is 14.7 Å². The molecule has 0 atom stereocenters. The van der Waals surface area contributed by atoms with Gasteiger partial charge in [0.1, 0.15) is 0 Å². The van der Waals surface area contributed by atoms with Crippen LogP contribution in [-0.4, -0.2) is 47.2 Å². The van der Waals surface area contributed by atoms with Gasteiger partial charge in [-0.3, -0.25) is 9.59 Å². The van der Waals surface area contributed by atoms with E-state index in [-0.39, 0.29) is 18.0 Å². The first kappa shape index (κ1) is 20.8. The van der Waals surface area contributed by atoms with Gasteiger partial charge in [0.25, 0.3) is 5.78 Å². The molecule has 3 heterocycles. The predicted octanol–water partition coefficient (Wildman–Crippen LogP) is 3.76. The number of aryl methyl sites for hydroxylation is 2. The minimum absolute atomic E-state index is 0.0110. The summed E-state index contributed by atoms with van der Waals surface area (Å²) in [5.41, 5.74) is 4.74. The molecule has 0 fully saturated rings. The SMILES string of the molecule is Cc1nc2nc(SCC(=O)c3c[nH]c4c(CI)cccc34)nn2c(C)c1CC(=O)O. The van der Waals surface area contributed by atoms with E-state index < -0.39 is 5.97 Å². The maximum absolute atomic E-state index is 12.8. The molecular weight excluding hydrogens is 517 g/mol. The zero-order chi connectivity index (χ0) is 21.4. The lowest BCUT2D eigenvalue weighted by Gasteiger charge is -2.07. The number of Topliss-reactive ketones (excluding diaryl/α,β-unsaturated/α-hetero) is 1. The summed E-state index contributed by atoms with van der Waals surface area (Å²) < 4.78 is 2.40. The first-order chi connectivity index (χ1) is 14.4. The van der Waals surface area contributed by atoms with Gasteiger partial charge in [0, 0.05) is 38.5 Å². The van der Waals surface area contributed by atoms with Crippen molar-refractivity contribution in [1.82, 2.24) is 24.6 Å². The van der Waals surface area contributed by atoms with E-state index in [2.05, 4.69) is 42.6 Å². The van der Waals surface area contributed by atoms with E-state index >= 15 is 0 Å². The van der Waals surface area contributed by atoms with Crippen LogP contribution in [0.5, 0.6) is 0 Å². The summed E-state index contributed by atoms with van der Waals surface area (Å²) in [5, 5.41) is 14.9. The Bertz CT molecular complexity index is 1300. The monoisotopic (exact) mass is 535 g/mol. The van der Waals surface area contributed by atoms with Crippen LogP contribution in [0.3, 0.4) is 0 Å². The van der Waals surface area contributed by atoms with Gasteiger partial charge in [0.2, 0.25) is 5.16 Å². The summed E-state index contributed by atoms with van der Waals surface area (Å²) in [4.78, 5) is 35.9. The fraction of sp³-hybridized carbons (Fsp3) is 0.250. The van der Waals surface area contributed by atoms with E-state index in [1.54, 1.807) is 20.0 Å². The largest absolute Gasteiger partial charge is 0.481 e. The second-order valence-electron chi connectivity index (χ2n) is 6.83. The molecule has 2 N–H and O–H groups in total. The second-order valence-corrected chi connectivity index (χ2v) is 8.53. The molecule has 0 radical (unpaired) electrons. The first-order valence-electron chi connectivity index (χ1n) is 9.14. The first-order valence-corrected chi connectivity index (χ1v) is 11.7. The number of thioether (sulfide) groups is 1. The molecule has 0 amide bonds. The minimum atomic E-state index is -0.924. The molecular formula is C20H18IN5O3S. The number of aliphatic carboxylic acids is 1. The van der Waals surface area contributed by atoms with Crippen LogP contribution in [0.15, 0.2) is 29.6 Å². The second kappa shape index (κ2) is 8.34. The summed E-state index contributed by atoms with van der Waals surface area (Å²) >= 11 is 3.55. The Hall–Kier alpha value is -2.47. The number of rotatable bonds is 7. The maximum atomic E-state index is 12.8. The number of alkyl halides is 1. The number of aromatic amines is 1. The van der Waals surface area contributed by atoms with Crippen LogP contribution in [0, 0.1) is 13.8 Å². The highest BCUT2D eigenvalue weighted by atomic mass is 127. The van der Waals surface area contributed by atoms with Crippen molar-refractivity contribution in [3.63, 3.8) is 0 Å². The van der Waals surface area contributed by atoms with Crippen molar-refractivity contribution in [2.45, 2.75) is 29.9 Å². The number of nitrogens with zero attached hydrogens (tertiary/aromatic N) is 4. The molecule has 0 spiro atoms. The normalized spacial score (nSPS) is 11.4. The number of para-hydroxylation sites is 1. The van der Waals surface area contributed by atoms with Gasteiger partial charge in [-0.05, 0) is 19.4 Å². The fourth-order valence-electron chi connectivity index (χ4n) is 3.43. The van der Waals surface area contributed by atoms with Crippen molar-refractivity contribution in [3.05, 3.63) is 52.5 Å². The molecule has 0 saturated heterocycles. The number of fused-ring (bicyclic) bond motifs is 2. The van der Waals surface area contributed by atoms with Gasteiger partial charge < -0.3 is 10.1 Å². The molecule has 0 aliphatic rings. The van der Waals surface area contributed by atoms with E-state index in [1.807, 2.05) is 18.2 Å². The number of ketones is 1. The van der Waals surface area contributed by atoms with Gasteiger partial charge in [0.05, 0.1) is 17.7 Å². The van der Waals surface area contributed by atoms with Crippen molar-refractivity contribution in [1.29, 1.82) is 0 Å². The van der Waals surface area contributed by atoms with Crippen molar-refractivity contribution in [2.24, 2.45) is 0 Å². The third kappa shape index (κ3) is 3.81. The molecule has 0 unspecified atom stereocenters. The van der Waals surface area contributed by atoms with E-state index in [9.17, 15) is 9.59 Å². The molecule has 0 aliphatic heterocycles. The van der Waals surface area contributed by atoms with Crippen LogP contribution in [0.1, 0.15) is 32.9 Å². The third-order valence-electron chi connectivity index (χ3n) is 4.94. The van der Waals surface area contributed by atoms with Gasteiger partial charge >= 0.3 is 5.97 Å². The van der Waals surface area contributed by atoms with E-state index in [0.29, 0.717) is 33.4 Å². The number of nitrogens with one attached hydrogen (secondary N) is 1. The predicted molar refractivity (Wildman–Crippen MR) is 123 cm³/mol. The quantitative estimate of drug-likeness (QED) is 0.160. The summed E-state index contributed by atoms with van der Waals surface area (Å²) in [5.74, 6) is -0.346. The molecule has 10 heteroatoms. The number of carbonyl (C=O) groups is 2. The number of H-pyrrole nitrogens is 1. The third-order valence-corrected chi connectivity index (χ3v) is 6.60. The van der Waals surface area contributed by atoms with E-state index in [1.165, 1.54) is 16.3 Å².